The number of ether oxygens (including phenoxy) is 2. The Kier molecular flexibility index (Phi) is 3.98. The number of nitrogens with zero attached hydrogens (tertiary/aromatic N) is 2. The first-order valence-electron chi connectivity index (χ1n) is 5.87. The molecule has 0 spiro atoms. The standard InChI is InChI=1S/C11H20N4O2/c1-8-10(11(13-12)15(2)14-8)7-17-6-9-3-4-16-5-9/h9,13H,3-7,12H2,1-2H3. The predicted octanol–water partition coefficient (Wildman–Crippen LogP) is 0.567. The maximum atomic E-state index is 5.71. The largest absolute Gasteiger partial charge is 0.381 e. The topological polar surface area (TPSA) is 74.3 Å². The van der Waals surface area contributed by atoms with E-state index < -0.39 is 0 Å². The summed E-state index contributed by atoms with van der Waals surface area (Å²) in [5.41, 5.74) is 4.63. The van der Waals surface area contributed by atoms with Gasteiger partial charge in [0.05, 0.1) is 25.5 Å². The van der Waals surface area contributed by atoms with Crippen LogP contribution >= 0.6 is 0 Å². The molecule has 1 aromatic rings. The Hall–Kier alpha value is -1.11. The molecule has 1 saturated heterocycles. The normalized spacial score (nSPS) is 19.8. The molecule has 6 nitrogen and oxygen atoms in total. The van der Waals surface area contributed by atoms with Crippen LogP contribution < -0.4 is 11.3 Å². The van der Waals surface area contributed by atoms with Gasteiger partial charge in [-0.15, -0.1) is 0 Å². The molecular weight excluding hydrogens is 220 g/mol. The molecule has 3 N–H and O–H groups in total. The number of aryl methyl sites for hydroxylation is 2. The van der Waals surface area contributed by atoms with Crippen molar-refractivity contribution in [2.45, 2.75) is 20.0 Å². The van der Waals surface area contributed by atoms with Crippen LogP contribution in [0.4, 0.5) is 5.82 Å². The monoisotopic (exact) mass is 240 g/mol. The van der Waals surface area contributed by atoms with Crippen molar-refractivity contribution in [1.29, 1.82) is 0 Å². The van der Waals surface area contributed by atoms with Crippen LogP contribution in [-0.4, -0.2) is 29.6 Å². The SMILES string of the molecule is Cc1nn(C)c(NN)c1COCC1CCOC1. The van der Waals surface area contributed by atoms with E-state index in [4.69, 9.17) is 15.3 Å². The summed E-state index contributed by atoms with van der Waals surface area (Å²) < 4.78 is 12.7. The maximum absolute atomic E-state index is 5.71. The van der Waals surface area contributed by atoms with Gasteiger partial charge in [-0.3, -0.25) is 4.68 Å². The maximum Gasteiger partial charge on any atom is 0.143 e. The zero-order chi connectivity index (χ0) is 12.3. The Morgan fingerprint density at radius 2 is 2.47 bits per heavy atom. The molecule has 1 unspecified atom stereocenters. The lowest BCUT2D eigenvalue weighted by Gasteiger charge is -2.09. The molecule has 0 saturated carbocycles. The molecule has 1 fully saturated rings. The molecule has 1 aliphatic heterocycles. The van der Waals surface area contributed by atoms with E-state index in [1.54, 1.807) is 4.68 Å². The summed E-state index contributed by atoms with van der Waals surface area (Å²) in [5.74, 6) is 6.81. The minimum Gasteiger partial charge on any atom is -0.381 e. The van der Waals surface area contributed by atoms with Crippen LogP contribution in [-0.2, 0) is 23.1 Å². The average molecular weight is 240 g/mol. The van der Waals surface area contributed by atoms with Crippen molar-refractivity contribution in [3.05, 3.63) is 11.3 Å². The van der Waals surface area contributed by atoms with E-state index >= 15 is 0 Å². The van der Waals surface area contributed by atoms with Gasteiger partial charge >= 0.3 is 0 Å². The lowest BCUT2D eigenvalue weighted by atomic mass is 10.1. The first-order chi connectivity index (χ1) is 8.22. The number of nitrogen functional groups attached to an aromatic ring is 1. The summed E-state index contributed by atoms with van der Waals surface area (Å²) >= 11 is 0. The second-order valence-electron chi connectivity index (χ2n) is 4.43. The highest BCUT2D eigenvalue weighted by Crippen LogP contribution is 2.20. The van der Waals surface area contributed by atoms with Crippen molar-refractivity contribution in [1.82, 2.24) is 9.78 Å². The Morgan fingerprint density at radius 1 is 1.65 bits per heavy atom. The Bertz CT molecular complexity index is 372. The van der Waals surface area contributed by atoms with Gasteiger partial charge in [0.15, 0.2) is 0 Å². The van der Waals surface area contributed by atoms with Gasteiger partial charge in [-0.25, -0.2) is 5.84 Å². The van der Waals surface area contributed by atoms with Gasteiger partial charge in [0.1, 0.15) is 5.82 Å². The van der Waals surface area contributed by atoms with Gasteiger partial charge in [-0.05, 0) is 13.3 Å². The summed E-state index contributed by atoms with van der Waals surface area (Å²) in [6, 6.07) is 0. The number of hydrogen-bond acceptors (Lipinski definition) is 5. The van der Waals surface area contributed by atoms with Crippen LogP contribution in [0.2, 0.25) is 0 Å². The first-order valence-corrected chi connectivity index (χ1v) is 5.87. The third-order valence-corrected chi connectivity index (χ3v) is 3.11. The number of aromatic nitrogens is 2. The molecule has 0 bridgehead atoms. The molecule has 0 radical (unpaired) electrons. The van der Waals surface area contributed by atoms with Crippen molar-refractivity contribution >= 4 is 5.82 Å². The highest BCUT2D eigenvalue weighted by Gasteiger charge is 2.17. The number of hydrogen-bond donors (Lipinski definition) is 2. The first kappa shape index (κ1) is 12.3. The van der Waals surface area contributed by atoms with Gasteiger partial charge in [0.2, 0.25) is 0 Å². The molecule has 1 aliphatic rings. The number of anilines is 1. The van der Waals surface area contributed by atoms with E-state index in [-0.39, 0.29) is 0 Å². The molecule has 0 amide bonds. The van der Waals surface area contributed by atoms with Gasteiger partial charge < -0.3 is 14.9 Å². The Morgan fingerprint density at radius 3 is 3.12 bits per heavy atom. The number of nitrogens with one attached hydrogen (secondary N) is 1. The highest BCUT2D eigenvalue weighted by molar-refractivity contribution is 5.45. The minimum atomic E-state index is 0.529. The third-order valence-electron chi connectivity index (χ3n) is 3.11. The predicted molar refractivity (Wildman–Crippen MR) is 64.3 cm³/mol. The fourth-order valence-corrected chi connectivity index (χ4v) is 2.10. The Balaban J connectivity index is 1.89. The second kappa shape index (κ2) is 5.48. The van der Waals surface area contributed by atoms with Crippen molar-refractivity contribution in [2.24, 2.45) is 18.8 Å². The molecule has 2 rings (SSSR count). The van der Waals surface area contributed by atoms with E-state index in [1.807, 2.05) is 14.0 Å². The molecule has 0 aliphatic carbocycles. The fourth-order valence-electron chi connectivity index (χ4n) is 2.10. The van der Waals surface area contributed by atoms with Crippen molar-refractivity contribution in [3.63, 3.8) is 0 Å². The van der Waals surface area contributed by atoms with Crippen LogP contribution in [0.5, 0.6) is 0 Å². The summed E-state index contributed by atoms with van der Waals surface area (Å²) in [7, 11) is 1.86. The average Bonchev–Trinajstić information content (AvgIpc) is 2.88. The zero-order valence-corrected chi connectivity index (χ0v) is 10.4. The summed E-state index contributed by atoms with van der Waals surface area (Å²) in [4.78, 5) is 0. The van der Waals surface area contributed by atoms with Crippen molar-refractivity contribution < 1.29 is 9.47 Å². The Labute approximate surface area is 101 Å². The molecule has 17 heavy (non-hydrogen) atoms. The summed E-state index contributed by atoms with van der Waals surface area (Å²) in [6.07, 6.45) is 1.09. The van der Waals surface area contributed by atoms with E-state index in [1.165, 1.54) is 0 Å². The summed E-state index contributed by atoms with van der Waals surface area (Å²) in [6.45, 7) is 4.90. The highest BCUT2D eigenvalue weighted by atomic mass is 16.5. The lowest BCUT2D eigenvalue weighted by Crippen LogP contribution is -2.14. The second-order valence-corrected chi connectivity index (χ2v) is 4.43. The fraction of sp³-hybridized carbons (Fsp3) is 0.727. The van der Waals surface area contributed by atoms with Gasteiger partial charge in [-0.1, -0.05) is 0 Å². The molecular formula is C11H20N4O2. The van der Waals surface area contributed by atoms with Crippen LogP contribution in [0, 0.1) is 12.8 Å². The zero-order valence-electron chi connectivity index (χ0n) is 10.4. The molecule has 1 atom stereocenters. The number of nitrogens with two attached hydrogens (primary N) is 1. The third kappa shape index (κ3) is 2.77. The van der Waals surface area contributed by atoms with Crippen LogP contribution in [0.1, 0.15) is 17.7 Å². The van der Waals surface area contributed by atoms with E-state index in [0.29, 0.717) is 12.5 Å². The minimum absolute atomic E-state index is 0.529. The van der Waals surface area contributed by atoms with Crippen LogP contribution in [0.3, 0.4) is 0 Å². The summed E-state index contributed by atoms with van der Waals surface area (Å²) in [5, 5.41) is 4.30. The molecule has 96 valence electrons. The molecule has 1 aromatic heterocycles. The van der Waals surface area contributed by atoms with Crippen molar-refractivity contribution in [3.8, 4) is 0 Å². The van der Waals surface area contributed by atoms with Gasteiger partial charge in [0, 0.05) is 25.1 Å². The van der Waals surface area contributed by atoms with E-state index in [9.17, 15) is 0 Å². The van der Waals surface area contributed by atoms with E-state index in [0.717, 1.165) is 43.3 Å². The van der Waals surface area contributed by atoms with Crippen LogP contribution in [0.15, 0.2) is 0 Å². The lowest BCUT2D eigenvalue weighted by molar-refractivity contribution is 0.0791. The van der Waals surface area contributed by atoms with Gasteiger partial charge in [0.25, 0.3) is 0 Å². The van der Waals surface area contributed by atoms with Crippen molar-refractivity contribution in [2.75, 3.05) is 25.2 Å². The number of rotatable bonds is 5. The quantitative estimate of drug-likeness (QED) is 0.581. The van der Waals surface area contributed by atoms with Gasteiger partial charge in [-0.2, -0.15) is 5.10 Å². The van der Waals surface area contributed by atoms with E-state index in [2.05, 4.69) is 10.5 Å². The molecule has 6 heteroatoms. The molecule has 0 aromatic carbocycles. The van der Waals surface area contributed by atoms with Crippen LogP contribution in [0.25, 0.3) is 0 Å². The smallest absolute Gasteiger partial charge is 0.143 e. The number of hydrazine groups is 1. The molecule has 2 heterocycles.